The number of rotatable bonds is 4. The summed E-state index contributed by atoms with van der Waals surface area (Å²) in [7, 11) is 0. The molecule has 0 saturated carbocycles. The lowest BCUT2D eigenvalue weighted by molar-refractivity contribution is 0.111. The van der Waals surface area contributed by atoms with E-state index < -0.39 is 0 Å². The fourth-order valence-corrected chi connectivity index (χ4v) is 1.70. The fraction of sp³-hybridized carbons (Fsp3) is 0.143. The van der Waals surface area contributed by atoms with Gasteiger partial charge in [0.1, 0.15) is 11.5 Å². The van der Waals surface area contributed by atoms with Crippen molar-refractivity contribution >= 4 is 6.29 Å². The Morgan fingerprint density at radius 1 is 1.12 bits per heavy atom. The molecule has 2 aromatic rings. The number of aromatic nitrogens is 1. The third-order valence-electron chi connectivity index (χ3n) is 2.63. The van der Waals surface area contributed by atoms with E-state index >= 15 is 0 Å². The van der Waals surface area contributed by atoms with Gasteiger partial charge in [0.2, 0.25) is 0 Å². The lowest BCUT2D eigenvalue weighted by Crippen LogP contribution is -1.98. The van der Waals surface area contributed by atoms with Gasteiger partial charge in [0.05, 0.1) is 0 Å². The number of carbonyl (C=O) groups excluding carboxylic acids is 1. The Kier molecular flexibility index (Phi) is 3.60. The van der Waals surface area contributed by atoms with Crippen LogP contribution in [0.2, 0.25) is 0 Å². The first-order chi connectivity index (χ1) is 8.29. The van der Waals surface area contributed by atoms with Crippen molar-refractivity contribution in [1.29, 1.82) is 0 Å². The van der Waals surface area contributed by atoms with Gasteiger partial charge in [0.15, 0.2) is 6.29 Å². The minimum Gasteiger partial charge on any atom is -0.296 e. The van der Waals surface area contributed by atoms with Crippen molar-refractivity contribution in [2.24, 2.45) is 0 Å². The molecule has 0 aliphatic rings. The Balaban J connectivity index is 2.07. The fourth-order valence-electron chi connectivity index (χ4n) is 1.70. The summed E-state index contributed by atoms with van der Waals surface area (Å²) in [5.41, 5.74) is 2.45. The van der Waals surface area contributed by atoms with Crippen molar-refractivity contribution in [3.63, 3.8) is 0 Å². The van der Waals surface area contributed by atoms with Crippen LogP contribution >= 0.6 is 0 Å². The van der Waals surface area contributed by atoms with Gasteiger partial charge in [-0.1, -0.05) is 18.2 Å². The molecule has 0 N–H and O–H groups in total. The predicted molar refractivity (Wildman–Crippen MR) is 63.4 cm³/mol. The molecule has 0 amide bonds. The molecule has 1 aromatic carbocycles. The van der Waals surface area contributed by atoms with Crippen molar-refractivity contribution in [2.75, 3.05) is 0 Å². The molecule has 17 heavy (non-hydrogen) atoms. The van der Waals surface area contributed by atoms with E-state index in [1.807, 2.05) is 12.1 Å². The van der Waals surface area contributed by atoms with Crippen molar-refractivity contribution in [3.05, 3.63) is 65.2 Å². The summed E-state index contributed by atoms with van der Waals surface area (Å²) < 4.78 is 12.7. The maximum atomic E-state index is 12.7. The number of hydrogen-bond acceptors (Lipinski definition) is 2. The maximum Gasteiger partial charge on any atom is 0.168 e. The number of hydrogen-bond donors (Lipinski definition) is 0. The minimum absolute atomic E-state index is 0.233. The average Bonchev–Trinajstić information content (AvgIpc) is 2.38. The van der Waals surface area contributed by atoms with E-state index in [9.17, 15) is 9.18 Å². The minimum atomic E-state index is -0.233. The molecule has 0 atom stereocenters. The van der Waals surface area contributed by atoms with E-state index in [-0.39, 0.29) is 5.82 Å². The average molecular weight is 229 g/mol. The summed E-state index contributed by atoms with van der Waals surface area (Å²) >= 11 is 0. The van der Waals surface area contributed by atoms with Crippen molar-refractivity contribution < 1.29 is 9.18 Å². The van der Waals surface area contributed by atoms with Crippen molar-refractivity contribution in [2.45, 2.75) is 12.8 Å². The quantitative estimate of drug-likeness (QED) is 0.754. The smallest absolute Gasteiger partial charge is 0.168 e. The van der Waals surface area contributed by atoms with Crippen LogP contribution in [-0.2, 0) is 12.8 Å². The number of halogens is 1. The van der Waals surface area contributed by atoms with Gasteiger partial charge < -0.3 is 0 Å². The van der Waals surface area contributed by atoms with Gasteiger partial charge in [-0.05, 0) is 42.2 Å². The van der Waals surface area contributed by atoms with E-state index in [0.29, 0.717) is 5.69 Å². The van der Waals surface area contributed by atoms with Gasteiger partial charge in [0, 0.05) is 6.20 Å². The van der Waals surface area contributed by atoms with Crippen LogP contribution in [-0.4, -0.2) is 11.3 Å². The first-order valence-corrected chi connectivity index (χ1v) is 5.43. The summed E-state index contributed by atoms with van der Waals surface area (Å²) in [5.74, 6) is -0.233. The summed E-state index contributed by atoms with van der Waals surface area (Å²) in [6.07, 6.45) is 3.87. The van der Waals surface area contributed by atoms with E-state index in [1.165, 1.54) is 12.1 Å². The van der Waals surface area contributed by atoms with Crippen molar-refractivity contribution in [3.8, 4) is 0 Å². The molecule has 3 heteroatoms. The van der Waals surface area contributed by atoms with Crippen LogP contribution in [0.5, 0.6) is 0 Å². The molecular weight excluding hydrogens is 217 g/mol. The number of carbonyl (C=O) groups is 1. The lowest BCUT2D eigenvalue weighted by Gasteiger charge is -2.04. The van der Waals surface area contributed by atoms with Gasteiger partial charge in [0.25, 0.3) is 0 Å². The van der Waals surface area contributed by atoms with Crippen LogP contribution in [0, 0.1) is 5.82 Å². The third-order valence-corrected chi connectivity index (χ3v) is 2.63. The summed E-state index contributed by atoms with van der Waals surface area (Å²) in [6.45, 7) is 0. The van der Waals surface area contributed by atoms with E-state index in [0.717, 1.165) is 30.3 Å². The highest BCUT2D eigenvalue weighted by molar-refractivity contribution is 5.74. The summed E-state index contributed by atoms with van der Waals surface area (Å²) in [4.78, 5) is 14.8. The molecule has 0 saturated heterocycles. The lowest BCUT2D eigenvalue weighted by atomic mass is 10.0. The highest BCUT2D eigenvalue weighted by Crippen LogP contribution is 2.10. The second kappa shape index (κ2) is 5.34. The van der Waals surface area contributed by atoms with Crippen LogP contribution in [0.25, 0.3) is 0 Å². The molecule has 86 valence electrons. The number of aryl methyl sites for hydroxylation is 2. The van der Waals surface area contributed by atoms with Crippen molar-refractivity contribution in [1.82, 2.24) is 4.98 Å². The zero-order chi connectivity index (χ0) is 12.1. The van der Waals surface area contributed by atoms with Crippen LogP contribution in [0.15, 0.2) is 42.6 Å². The molecule has 0 unspecified atom stereocenters. The predicted octanol–water partition coefficient (Wildman–Crippen LogP) is 2.82. The highest BCUT2D eigenvalue weighted by Gasteiger charge is 2.02. The Labute approximate surface area is 99.1 Å². The molecule has 0 radical (unpaired) electrons. The topological polar surface area (TPSA) is 30.0 Å². The molecule has 2 nitrogen and oxygen atoms in total. The van der Waals surface area contributed by atoms with Crippen LogP contribution < -0.4 is 0 Å². The first kappa shape index (κ1) is 11.5. The molecule has 0 spiro atoms. The highest BCUT2D eigenvalue weighted by atomic mass is 19.1. The zero-order valence-electron chi connectivity index (χ0n) is 9.27. The number of nitrogens with zero attached hydrogens (tertiary/aromatic N) is 1. The van der Waals surface area contributed by atoms with Gasteiger partial charge >= 0.3 is 0 Å². The molecule has 1 aromatic heterocycles. The molecule has 0 aliphatic heterocycles. The van der Waals surface area contributed by atoms with Gasteiger partial charge in [-0.15, -0.1) is 0 Å². The molecular formula is C14H12FNO. The maximum absolute atomic E-state index is 12.7. The summed E-state index contributed by atoms with van der Waals surface area (Å²) in [6, 6.07) is 10.1. The van der Waals surface area contributed by atoms with E-state index in [4.69, 9.17) is 0 Å². The second-order valence-electron chi connectivity index (χ2n) is 3.79. The largest absolute Gasteiger partial charge is 0.296 e. The molecule has 2 rings (SSSR count). The van der Waals surface area contributed by atoms with Crippen LogP contribution in [0.4, 0.5) is 4.39 Å². The Bertz CT molecular complexity index is 508. The molecule has 0 fully saturated rings. The SMILES string of the molecule is O=Cc1ncccc1CCc1ccc(F)cc1. The second-order valence-corrected chi connectivity index (χ2v) is 3.79. The standard InChI is InChI=1S/C14H12FNO/c15-13-7-4-11(5-8-13)3-6-12-2-1-9-16-14(12)10-17/h1-2,4-5,7-10H,3,6H2. The Morgan fingerprint density at radius 2 is 1.88 bits per heavy atom. The molecule has 0 bridgehead atoms. The Morgan fingerprint density at radius 3 is 2.59 bits per heavy atom. The normalized spacial score (nSPS) is 10.2. The number of pyridine rings is 1. The van der Waals surface area contributed by atoms with E-state index in [2.05, 4.69) is 4.98 Å². The van der Waals surface area contributed by atoms with Gasteiger partial charge in [-0.25, -0.2) is 4.39 Å². The number of aldehydes is 1. The van der Waals surface area contributed by atoms with Gasteiger partial charge in [-0.3, -0.25) is 9.78 Å². The van der Waals surface area contributed by atoms with Gasteiger partial charge in [-0.2, -0.15) is 0 Å². The monoisotopic (exact) mass is 229 g/mol. The Hall–Kier alpha value is -2.03. The molecule has 0 aliphatic carbocycles. The van der Waals surface area contributed by atoms with E-state index in [1.54, 1.807) is 18.3 Å². The first-order valence-electron chi connectivity index (χ1n) is 5.43. The van der Waals surface area contributed by atoms with Crippen LogP contribution in [0.3, 0.4) is 0 Å². The molecule has 1 heterocycles. The third kappa shape index (κ3) is 2.97. The number of benzene rings is 1. The summed E-state index contributed by atoms with van der Waals surface area (Å²) in [5, 5.41) is 0. The zero-order valence-corrected chi connectivity index (χ0v) is 9.27. The van der Waals surface area contributed by atoms with Crippen LogP contribution in [0.1, 0.15) is 21.6 Å².